The lowest BCUT2D eigenvalue weighted by atomic mass is 10.2. The van der Waals surface area contributed by atoms with E-state index >= 15 is 0 Å². The maximum atomic E-state index is 5.64. The zero-order valence-corrected chi connectivity index (χ0v) is 6.44. The molecule has 1 fully saturated rings. The summed E-state index contributed by atoms with van der Waals surface area (Å²) < 4.78 is 5.64. The van der Waals surface area contributed by atoms with Gasteiger partial charge in [0.15, 0.2) is 0 Å². The molecule has 0 spiro atoms. The van der Waals surface area contributed by atoms with Crippen molar-refractivity contribution in [3.05, 3.63) is 0 Å². The summed E-state index contributed by atoms with van der Waals surface area (Å²) >= 11 is 0. The van der Waals surface area contributed by atoms with Crippen LogP contribution in [-0.4, -0.2) is 12.2 Å². The highest BCUT2D eigenvalue weighted by Gasteiger charge is 2.41. The highest BCUT2D eigenvalue weighted by Crippen LogP contribution is 2.42. The monoisotopic (exact) mass is 128 g/mol. The third kappa shape index (κ3) is 1.68. The Balaban J connectivity index is 2.10. The molecule has 0 aromatic rings. The van der Waals surface area contributed by atoms with Crippen LogP contribution in [0.2, 0.25) is 0 Å². The van der Waals surface area contributed by atoms with E-state index in [1.54, 1.807) is 0 Å². The molecule has 0 radical (unpaired) electrons. The maximum absolute atomic E-state index is 5.64. The Bertz CT molecular complexity index is 84.6. The first-order valence-corrected chi connectivity index (χ1v) is 3.97. The lowest BCUT2D eigenvalue weighted by Crippen LogP contribution is -2.12. The Morgan fingerprint density at radius 3 is 2.33 bits per heavy atom. The average Bonchev–Trinajstić information content (AvgIpc) is 2.65. The Labute approximate surface area is 57.4 Å². The molecule has 1 aliphatic rings. The first-order chi connectivity index (χ1) is 4.33. The quantitative estimate of drug-likeness (QED) is 0.564. The molecule has 0 saturated heterocycles. The predicted molar refractivity (Wildman–Crippen MR) is 38.5 cm³/mol. The van der Waals surface area contributed by atoms with Crippen LogP contribution in [0.15, 0.2) is 0 Å². The van der Waals surface area contributed by atoms with E-state index in [4.69, 9.17) is 4.74 Å². The minimum absolute atomic E-state index is 0.343. The van der Waals surface area contributed by atoms with Gasteiger partial charge in [0.25, 0.3) is 0 Å². The van der Waals surface area contributed by atoms with Crippen LogP contribution in [0.3, 0.4) is 0 Å². The summed E-state index contributed by atoms with van der Waals surface area (Å²) in [5, 5.41) is 0. The van der Waals surface area contributed by atoms with Crippen LogP contribution >= 0.6 is 0 Å². The molecule has 0 aliphatic heterocycles. The third-order valence-corrected chi connectivity index (χ3v) is 2.06. The first-order valence-electron chi connectivity index (χ1n) is 3.97. The van der Waals surface area contributed by atoms with Crippen molar-refractivity contribution in [2.45, 2.75) is 45.1 Å². The lowest BCUT2D eigenvalue weighted by molar-refractivity contribution is 0.0306. The largest absolute Gasteiger partial charge is 0.375 e. The van der Waals surface area contributed by atoms with Gasteiger partial charge in [-0.3, -0.25) is 0 Å². The fourth-order valence-corrected chi connectivity index (χ4v) is 1.06. The average molecular weight is 128 g/mol. The topological polar surface area (TPSA) is 9.23 Å². The molecule has 1 heteroatoms. The molecule has 9 heavy (non-hydrogen) atoms. The van der Waals surface area contributed by atoms with Crippen molar-refractivity contribution in [1.29, 1.82) is 0 Å². The van der Waals surface area contributed by atoms with Gasteiger partial charge in [0.05, 0.1) is 5.60 Å². The van der Waals surface area contributed by atoms with Crippen molar-refractivity contribution in [2.75, 3.05) is 6.61 Å². The molecule has 0 aromatic heterocycles. The predicted octanol–water partition coefficient (Wildman–Crippen LogP) is 2.36. The van der Waals surface area contributed by atoms with Gasteiger partial charge in [-0.15, -0.1) is 0 Å². The van der Waals surface area contributed by atoms with E-state index in [1.807, 2.05) is 0 Å². The summed E-state index contributed by atoms with van der Waals surface area (Å²) in [4.78, 5) is 0. The fourth-order valence-electron chi connectivity index (χ4n) is 1.06. The van der Waals surface area contributed by atoms with Crippen molar-refractivity contribution in [1.82, 2.24) is 0 Å². The molecule has 0 unspecified atom stereocenters. The second-order valence-corrected chi connectivity index (χ2v) is 2.89. The summed E-state index contributed by atoms with van der Waals surface area (Å²) in [6.07, 6.45) is 4.95. The third-order valence-electron chi connectivity index (χ3n) is 2.06. The molecule has 0 aromatic carbocycles. The summed E-state index contributed by atoms with van der Waals surface area (Å²) in [6.45, 7) is 5.32. The smallest absolute Gasteiger partial charge is 0.0682 e. The van der Waals surface area contributed by atoms with Gasteiger partial charge in [0.1, 0.15) is 0 Å². The fraction of sp³-hybridized carbons (Fsp3) is 1.00. The minimum atomic E-state index is 0.343. The van der Waals surface area contributed by atoms with E-state index in [2.05, 4.69) is 13.8 Å². The van der Waals surface area contributed by atoms with Gasteiger partial charge < -0.3 is 4.74 Å². The number of hydrogen-bond acceptors (Lipinski definition) is 1. The summed E-state index contributed by atoms with van der Waals surface area (Å²) in [6, 6.07) is 0. The molecule has 1 rings (SSSR count). The zero-order chi connectivity index (χ0) is 6.74. The molecule has 0 heterocycles. The van der Waals surface area contributed by atoms with E-state index in [0.29, 0.717) is 5.60 Å². The highest BCUT2D eigenvalue weighted by molar-refractivity contribution is 4.94. The van der Waals surface area contributed by atoms with Gasteiger partial charge >= 0.3 is 0 Å². The van der Waals surface area contributed by atoms with Crippen molar-refractivity contribution >= 4 is 0 Å². The van der Waals surface area contributed by atoms with Crippen LogP contribution in [-0.2, 0) is 4.74 Å². The van der Waals surface area contributed by atoms with E-state index in [1.165, 1.54) is 19.3 Å². The minimum Gasteiger partial charge on any atom is -0.375 e. The number of hydrogen-bond donors (Lipinski definition) is 0. The number of rotatable bonds is 4. The van der Waals surface area contributed by atoms with Crippen molar-refractivity contribution in [3.63, 3.8) is 0 Å². The van der Waals surface area contributed by atoms with Gasteiger partial charge in [-0.05, 0) is 25.7 Å². The van der Waals surface area contributed by atoms with Crippen LogP contribution in [0.1, 0.15) is 39.5 Å². The summed E-state index contributed by atoms with van der Waals surface area (Å²) in [5.74, 6) is 0. The Kier molecular flexibility index (Phi) is 2.12. The second-order valence-electron chi connectivity index (χ2n) is 2.89. The summed E-state index contributed by atoms with van der Waals surface area (Å²) in [7, 11) is 0. The molecule has 0 atom stereocenters. The highest BCUT2D eigenvalue weighted by atomic mass is 16.5. The van der Waals surface area contributed by atoms with Gasteiger partial charge in [0, 0.05) is 6.61 Å². The van der Waals surface area contributed by atoms with Crippen LogP contribution in [0, 0.1) is 0 Å². The van der Waals surface area contributed by atoms with Crippen molar-refractivity contribution < 1.29 is 4.74 Å². The van der Waals surface area contributed by atoms with Crippen LogP contribution in [0.5, 0.6) is 0 Å². The standard InChI is InChI=1S/C8H16O/c1-3-7-9-8(4-2)5-6-8/h3-7H2,1-2H3. The lowest BCUT2D eigenvalue weighted by Gasteiger charge is -2.12. The first kappa shape index (κ1) is 7.07. The Hall–Kier alpha value is -0.0400. The molecular formula is C8H16O. The van der Waals surface area contributed by atoms with Crippen molar-refractivity contribution in [2.24, 2.45) is 0 Å². The van der Waals surface area contributed by atoms with Gasteiger partial charge in [-0.1, -0.05) is 13.8 Å². The van der Waals surface area contributed by atoms with Gasteiger partial charge in [0.2, 0.25) is 0 Å². The SMILES string of the molecule is CCCOC1(CC)CC1. The van der Waals surface area contributed by atoms with E-state index in [0.717, 1.165) is 13.0 Å². The van der Waals surface area contributed by atoms with Crippen LogP contribution in [0.4, 0.5) is 0 Å². The van der Waals surface area contributed by atoms with Crippen molar-refractivity contribution in [3.8, 4) is 0 Å². The second kappa shape index (κ2) is 2.70. The normalized spacial score (nSPS) is 22.0. The van der Waals surface area contributed by atoms with E-state index in [-0.39, 0.29) is 0 Å². The molecule has 1 aliphatic carbocycles. The Morgan fingerprint density at radius 1 is 1.33 bits per heavy atom. The molecule has 0 N–H and O–H groups in total. The van der Waals surface area contributed by atoms with Gasteiger partial charge in [-0.2, -0.15) is 0 Å². The summed E-state index contributed by atoms with van der Waals surface area (Å²) in [5.41, 5.74) is 0.343. The van der Waals surface area contributed by atoms with Gasteiger partial charge in [-0.25, -0.2) is 0 Å². The Morgan fingerprint density at radius 2 is 2.00 bits per heavy atom. The van der Waals surface area contributed by atoms with Crippen LogP contribution in [0.25, 0.3) is 0 Å². The van der Waals surface area contributed by atoms with E-state index < -0.39 is 0 Å². The van der Waals surface area contributed by atoms with Crippen LogP contribution < -0.4 is 0 Å². The molecule has 1 saturated carbocycles. The van der Waals surface area contributed by atoms with E-state index in [9.17, 15) is 0 Å². The molecule has 54 valence electrons. The zero-order valence-electron chi connectivity index (χ0n) is 6.44. The number of ether oxygens (including phenoxy) is 1. The molecular weight excluding hydrogens is 112 g/mol. The molecule has 1 nitrogen and oxygen atoms in total. The maximum Gasteiger partial charge on any atom is 0.0682 e. The molecule has 0 amide bonds. The molecule has 0 bridgehead atoms.